The van der Waals surface area contributed by atoms with Gasteiger partial charge in [0.15, 0.2) is 0 Å². The molecular formula is C19H22N2O3. The molecule has 0 saturated heterocycles. The summed E-state index contributed by atoms with van der Waals surface area (Å²) in [5.41, 5.74) is 2.87. The minimum absolute atomic E-state index is 0.0177. The van der Waals surface area contributed by atoms with E-state index in [-0.39, 0.29) is 12.3 Å². The first-order valence-corrected chi connectivity index (χ1v) is 8.20. The van der Waals surface area contributed by atoms with Gasteiger partial charge in [-0.2, -0.15) is 0 Å². The molecule has 1 heterocycles. The molecule has 0 aliphatic heterocycles. The summed E-state index contributed by atoms with van der Waals surface area (Å²) in [4.78, 5) is 23.8. The van der Waals surface area contributed by atoms with Crippen molar-refractivity contribution in [2.45, 2.75) is 45.1 Å². The summed E-state index contributed by atoms with van der Waals surface area (Å²) < 4.78 is 2.04. The topological polar surface area (TPSA) is 71.3 Å². The zero-order valence-corrected chi connectivity index (χ0v) is 14.0. The molecule has 0 radical (unpaired) electrons. The van der Waals surface area contributed by atoms with Gasteiger partial charge in [0.05, 0.1) is 17.5 Å². The summed E-state index contributed by atoms with van der Waals surface area (Å²) in [6.45, 7) is 3.88. The summed E-state index contributed by atoms with van der Waals surface area (Å²) in [5, 5.41) is 12.1. The fourth-order valence-electron chi connectivity index (χ4n) is 3.51. The first-order valence-electron chi connectivity index (χ1n) is 8.20. The Labute approximate surface area is 141 Å². The van der Waals surface area contributed by atoms with Crippen LogP contribution in [0.3, 0.4) is 0 Å². The second-order valence-corrected chi connectivity index (χ2v) is 6.61. The number of rotatable bonds is 5. The number of benzene rings is 1. The number of nitrogens with zero attached hydrogens (tertiary/aromatic N) is 1. The quantitative estimate of drug-likeness (QED) is 0.886. The number of nitrogens with one attached hydrogen (secondary N) is 1. The molecule has 0 spiro atoms. The molecule has 2 aromatic rings. The van der Waals surface area contributed by atoms with Crippen molar-refractivity contribution in [1.82, 2.24) is 9.88 Å². The Hall–Kier alpha value is -2.56. The lowest BCUT2D eigenvalue weighted by molar-refractivity contribution is -0.139. The van der Waals surface area contributed by atoms with Crippen LogP contribution < -0.4 is 5.32 Å². The number of aromatic nitrogens is 1. The van der Waals surface area contributed by atoms with E-state index in [0.717, 1.165) is 36.3 Å². The zero-order chi connectivity index (χ0) is 17.3. The Morgan fingerprint density at radius 2 is 1.88 bits per heavy atom. The van der Waals surface area contributed by atoms with Crippen molar-refractivity contribution >= 4 is 11.9 Å². The van der Waals surface area contributed by atoms with Crippen LogP contribution in [-0.2, 0) is 4.79 Å². The number of amides is 1. The van der Waals surface area contributed by atoms with Gasteiger partial charge in [0.25, 0.3) is 5.91 Å². The van der Waals surface area contributed by atoms with Crippen molar-refractivity contribution in [1.29, 1.82) is 0 Å². The number of aliphatic carboxylic acids is 1. The van der Waals surface area contributed by atoms with E-state index in [1.54, 1.807) is 0 Å². The highest BCUT2D eigenvalue weighted by Crippen LogP contribution is 2.35. The molecule has 1 aromatic carbocycles. The molecule has 1 fully saturated rings. The number of carbonyl (C=O) groups excluding carboxylic acids is 1. The second-order valence-electron chi connectivity index (χ2n) is 6.61. The van der Waals surface area contributed by atoms with Gasteiger partial charge in [0.1, 0.15) is 0 Å². The Morgan fingerprint density at radius 3 is 2.42 bits per heavy atom. The van der Waals surface area contributed by atoms with Crippen LogP contribution in [0.25, 0.3) is 5.69 Å². The molecule has 1 amide bonds. The van der Waals surface area contributed by atoms with Crippen LogP contribution in [0.2, 0.25) is 0 Å². The summed E-state index contributed by atoms with van der Waals surface area (Å²) in [6, 6.07) is 11.7. The molecule has 1 aromatic heterocycles. The molecule has 24 heavy (non-hydrogen) atoms. The lowest BCUT2D eigenvalue weighted by Crippen LogP contribution is -2.54. The molecule has 1 aliphatic rings. The van der Waals surface area contributed by atoms with Gasteiger partial charge in [-0.05, 0) is 51.3 Å². The van der Waals surface area contributed by atoms with Gasteiger partial charge in [0, 0.05) is 17.1 Å². The first kappa shape index (κ1) is 16.3. The van der Waals surface area contributed by atoms with E-state index in [4.69, 9.17) is 5.11 Å². The first-order chi connectivity index (χ1) is 11.4. The van der Waals surface area contributed by atoms with Crippen molar-refractivity contribution in [2.75, 3.05) is 0 Å². The Bertz CT molecular complexity index is 773. The molecule has 0 unspecified atom stereocenters. The van der Waals surface area contributed by atoms with Crippen LogP contribution in [0, 0.1) is 13.8 Å². The number of hydrogen-bond acceptors (Lipinski definition) is 2. The van der Waals surface area contributed by atoms with Crippen LogP contribution in [0.15, 0.2) is 36.4 Å². The molecule has 5 nitrogen and oxygen atoms in total. The third-order valence-corrected chi connectivity index (χ3v) is 4.87. The fraction of sp³-hybridized carbons (Fsp3) is 0.368. The molecule has 1 aliphatic carbocycles. The number of carboxylic acid groups (broad SMARTS) is 1. The van der Waals surface area contributed by atoms with Gasteiger partial charge in [-0.1, -0.05) is 18.2 Å². The minimum Gasteiger partial charge on any atom is -0.481 e. The summed E-state index contributed by atoms with van der Waals surface area (Å²) >= 11 is 0. The van der Waals surface area contributed by atoms with E-state index >= 15 is 0 Å². The third kappa shape index (κ3) is 2.94. The highest BCUT2D eigenvalue weighted by atomic mass is 16.4. The molecule has 0 bridgehead atoms. The number of hydrogen-bond donors (Lipinski definition) is 2. The van der Waals surface area contributed by atoms with E-state index in [1.807, 2.05) is 54.8 Å². The van der Waals surface area contributed by atoms with Crippen molar-refractivity contribution in [3.63, 3.8) is 0 Å². The van der Waals surface area contributed by atoms with Gasteiger partial charge in [-0.3, -0.25) is 9.59 Å². The van der Waals surface area contributed by atoms with Crippen LogP contribution in [0.1, 0.15) is 47.4 Å². The van der Waals surface area contributed by atoms with Gasteiger partial charge < -0.3 is 15.0 Å². The van der Waals surface area contributed by atoms with Crippen molar-refractivity contribution in [3.8, 4) is 5.69 Å². The van der Waals surface area contributed by atoms with E-state index in [0.29, 0.717) is 5.56 Å². The molecule has 1 saturated carbocycles. The second kappa shape index (κ2) is 6.15. The highest BCUT2D eigenvalue weighted by molar-refractivity contribution is 5.96. The Kier molecular flexibility index (Phi) is 4.18. The summed E-state index contributed by atoms with van der Waals surface area (Å²) in [6.07, 6.45) is 2.39. The lowest BCUT2D eigenvalue weighted by atomic mass is 9.74. The van der Waals surface area contributed by atoms with Crippen LogP contribution in [0.4, 0.5) is 0 Å². The Balaban J connectivity index is 1.88. The van der Waals surface area contributed by atoms with Gasteiger partial charge >= 0.3 is 5.97 Å². The summed E-state index contributed by atoms with van der Waals surface area (Å²) in [5.74, 6) is -1.06. The van der Waals surface area contributed by atoms with E-state index in [9.17, 15) is 9.59 Å². The standard InChI is InChI=1S/C19H22N2O3/c1-13-11-16(14(2)21(13)15-7-4-3-5-8-15)18(24)20-19(9-6-10-19)12-17(22)23/h3-5,7-8,11H,6,9-10,12H2,1-2H3,(H,20,24)(H,22,23). The predicted molar refractivity (Wildman–Crippen MR) is 91.5 cm³/mol. The molecule has 5 heteroatoms. The SMILES string of the molecule is Cc1cc(C(=O)NC2(CC(=O)O)CCC2)c(C)n1-c1ccccc1. The maximum Gasteiger partial charge on any atom is 0.305 e. The minimum atomic E-state index is -0.871. The third-order valence-electron chi connectivity index (χ3n) is 4.87. The van der Waals surface area contributed by atoms with E-state index in [2.05, 4.69) is 5.32 Å². The van der Waals surface area contributed by atoms with Crippen molar-refractivity contribution in [2.24, 2.45) is 0 Å². The highest BCUT2D eigenvalue weighted by Gasteiger charge is 2.40. The molecule has 2 N–H and O–H groups in total. The zero-order valence-electron chi connectivity index (χ0n) is 14.0. The average molecular weight is 326 g/mol. The maximum absolute atomic E-state index is 12.7. The smallest absolute Gasteiger partial charge is 0.305 e. The van der Waals surface area contributed by atoms with Crippen molar-refractivity contribution < 1.29 is 14.7 Å². The van der Waals surface area contributed by atoms with E-state index < -0.39 is 11.5 Å². The van der Waals surface area contributed by atoms with Crippen LogP contribution in [-0.4, -0.2) is 27.1 Å². The lowest BCUT2D eigenvalue weighted by Gasteiger charge is -2.41. The van der Waals surface area contributed by atoms with Gasteiger partial charge in [-0.25, -0.2) is 0 Å². The molecular weight excluding hydrogens is 304 g/mol. The summed E-state index contributed by atoms with van der Waals surface area (Å²) in [7, 11) is 0. The van der Waals surface area contributed by atoms with Gasteiger partial charge in [-0.15, -0.1) is 0 Å². The van der Waals surface area contributed by atoms with Crippen molar-refractivity contribution in [3.05, 3.63) is 53.3 Å². The van der Waals surface area contributed by atoms with Crippen LogP contribution >= 0.6 is 0 Å². The largest absolute Gasteiger partial charge is 0.481 e. The number of carbonyl (C=O) groups is 2. The number of aryl methyl sites for hydroxylation is 1. The molecule has 126 valence electrons. The molecule has 3 rings (SSSR count). The fourth-order valence-corrected chi connectivity index (χ4v) is 3.51. The average Bonchev–Trinajstić information content (AvgIpc) is 2.80. The van der Waals surface area contributed by atoms with Gasteiger partial charge in [0.2, 0.25) is 0 Å². The van der Waals surface area contributed by atoms with Crippen LogP contribution in [0.5, 0.6) is 0 Å². The predicted octanol–water partition coefficient (Wildman–Crippen LogP) is 3.22. The normalized spacial score (nSPS) is 15.6. The number of para-hydroxylation sites is 1. The maximum atomic E-state index is 12.7. The van der Waals surface area contributed by atoms with E-state index in [1.165, 1.54) is 0 Å². The monoisotopic (exact) mass is 326 g/mol. The number of carboxylic acids is 1. The Morgan fingerprint density at radius 1 is 1.21 bits per heavy atom. The molecule has 0 atom stereocenters.